The van der Waals surface area contributed by atoms with Gasteiger partial charge in [-0.1, -0.05) is 32.1 Å². The maximum absolute atomic E-state index is 12.8. The first kappa shape index (κ1) is 26.0. The Morgan fingerprint density at radius 2 is 1.75 bits per heavy atom. The highest BCUT2D eigenvalue weighted by Crippen LogP contribution is 2.37. The molecule has 0 bridgehead atoms. The highest BCUT2D eigenvalue weighted by molar-refractivity contribution is 14.0. The molecule has 1 amide bonds. The van der Waals surface area contributed by atoms with E-state index in [0.717, 1.165) is 77.7 Å². The van der Waals surface area contributed by atoms with Crippen molar-refractivity contribution in [3.63, 3.8) is 0 Å². The summed E-state index contributed by atoms with van der Waals surface area (Å²) in [6.07, 6.45) is 12.2. The summed E-state index contributed by atoms with van der Waals surface area (Å²) in [5.74, 6) is 1.56. The molecule has 0 aromatic heterocycles. The van der Waals surface area contributed by atoms with E-state index in [1.54, 1.807) is 0 Å². The van der Waals surface area contributed by atoms with Crippen LogP contribution in [0.3, 0.4) is 0 Å². The first-order valence-electron chi connectivity index (χ1n) is 12.7. The number of nitrogens with zero attached hydrogens (tertiary/aromatic N) is 3. The van der Waals surface area contributed by atoms with Crippen LogP contribution in [0.5, 0.6) is 0 Å². The number of carbonyl (C=O) groups excluding carboxylic acids is 1. The summed E-state index contributed by atoms with van der Waals surface area (Å²) in [5.41, 5.74) is 0.327. The molecule has 4 rings (SSSR count). The smallest absolute Gasteiger partial charge is 0.225 e. The Hall–Kier alpha value is -0.610. The van der Waals surface area contributed by atoms with Gasteiger partial charge in [-0.15, -0.1) is 24.0 Å². The number of guanidine groups is 1. The van der Waals surface area contributed by atoms with E-state index in [2.05, 4.69) is 25.4 Å². The fourth-order valence-corrected chi connectivity index (χ4v) is 6.09. The number of amides is 1. The molecule has 2 aliphatic carbocycles. The summed E-state index contributed by atoms with van der Waals surface area (Å²) >= 11 is 0. The second-order valence-corrected chi connectivity index (χ2v) is 10.3. The van der Waals surface area contributed by atoms with Gasteiger partial charge in [0.25, 0.3) is 0 Å². The van der Waals surface area contributed by atoms with Crippen LogP contribution in [-0.4, -0.2) is 87.2 Å². The molecule has 1 unspecified atom stereocenters. The fourth-order valence-electron chi connectivity index (χ4n) is 6.09. The topological polar surface area (TPSA) is 69.2 Å². The molecule has 2 saturated heterocycles. The average Bonchev–Trinajstić information content (AvgIpc) is 3.50. The van der Waals surface area contributed by atoms with E-state index >= 15 is 0 Å². The van der Waals surface area contributed by atoms with E-state index in [-0.39, 0.29) is 29.9 Å². The molecule has 4 fully saturated rings. The van der Waals surface area contributed by atoms with Gasteiger partial charge in [0.1, 0.15) is 0 Å². The van der Waals surface area contributed by atoms with Gasteiger partial charge in [0.05, 0.1) is 13.2 Å². The zero-order valence-corrected chi connectivity index (χ0v) is 22.3. The molecule has 0 radical (unpaired) electrons. The normalized spacial score (nSPS) is 27.2. The molecule has 2 aliphatic heterocycles. The number of carbonyl (C=O) groups is 1. The maximum atomic E-state index is 12.8. The third kappa shape index (κ3) is 6.95. The van der Waals surface area contributed by atoms with Gasteiger partial charge in [-0.2, -0.15) is 0 Å². The van der Waals surface area contributed by atoms with E-state index < -0.39 is 0 Å². The lowest BCUT2D eigenvalue weighted by molar-refractivity contribution is -0.134. The third-order valence-electron chi connectivity index (χ3n) is 7.98. The van der Waals surface area contributed by atoms with Crippen LogP contribution < -0.4 is 10.6 Å². The molecule has 32 heavy (non-hydrogen) atoms. The van der Waals surface area contributed by atoms with Crippen molar-refractivity contribution in [2.45, 2.75) is 70.3 Å². The van der Waals surface area contributed by atoms with Gasteiger partial charge in [0.2, 0.25) is 5.91 Å². The Bertz CT molecular complexity index is 614. The number of ether oxygens (including phenoxy) is 1. The van der Waals surface area contributed by atoms with Crippen LogP contribution in [-0.2, 0) is 9.53 Å². The number of halogens is 1. The summed E-state index contributed by atoms with van der Waals surface area (Å²) < 4.78 is 5.56. The van der Waals surface area contributed by atoms with Crippen LogP contribution in [0.2, 0.25) is 0 Å². The van der Waals surface area contributed by atoms with Gasteiger partial charge in [0.15, 0.2) is 5.96 Å². The summed E-state index contributed by atoms with van der Waals surface area (Å²) in [7, 11) is 1.86. The molecular weight excluding hydrogens is 517 g/mol. The molecule has 0 aromatic rings. The van der Waals surface area contributed by atoms with Gasteiger partial charge >= 0.3 is 0 Å². The molecule has 0 aromatic carbocycles. The minimum atomic E-state index is 0. The Kier molecular flexibility index (Phi) is 10.4. The standard InChI is InChI=1S/C24H43N5O2.HI/c1-25-23(27-21-9-12-29(17-21)22(30)20-7-3-4-8-20)26-18-24(10-5-2-6-11-24)19-28-13-15-31-16-14-28;/h20-21H,2-19H2,1H3,(H2,25,26,27);1H. The highest BCUT2D eigenvalue weighted by atomic mass is 127. The Balaban J connectivity index is 0.00000289. The van der Waals surface area contributed by atoms with Gasteiger partial charge in [-0.25, -0.2) is 0 Å². The van der Waals surface area contributed by atoms with Crippen molar-refractivity contribution in [3.8, 4) is 0 Å². The van der Waals surface area contributed by atoms with Gasteiger partial charge in [-0.3, -0.25) is 14.7 Å². The lowest BCUT2D eigenvalue weighted by Gasteiger charge is -2.42. The third-order valence-corrected chi connectivity index (χ3v) is 7.98. The molecule has 2 N–H and O–H groups in total. The number of likely N-dealkylation sites (tertiary alicyclic amines) is 1. The van der Waals surface area contributed by atoms with Crippen molar-refractivity contribution >= 4 is 35.8 Å². The number of hydrogen-bond acceptors (Lipinski definition) is 4. The van der Waals surface area contributed by atoms with Crippen molar-refractivity contribution in [2.75, 3.05) is 59.5 Å². The first-order valence-corrected chi connectivity index (χ1v) is 12.7. The number of nitrogens with one attached hydrogen (secondary N) is 2. The zero-order chi connectivity index (χ0) is 21.5. The molecule has 184 valence electrons. The van der Waals surface area contributed by atoms with E-state index in [9.17, 15) is 4.79 Å². The molecule has 1 atom stereocenters. The average molecular weight is 562 g/mol. The van der Waals surface area contributed by atoms with Crippen molar-refractivity contribution in [1.82, 2.24) is 20.4 Å². The summed E-state index contributed by atoms with van der Waals surface area (Å²) in [6, 6.07) is 0.304. The van der Waals surface area contributed by atoms with Crippen LogP contribution in [0.15, 0.2) is 4.99 Å². The monoisotopic (exact) mass is 561 g/mol. The Morgan fingerprint density at radius 3 is 2.44 bits per heavy atom. The van der Waals surface area contributed by atoms with E-state index in [1.165, 1.54) is 44.9 Å². The minimum absolute atomic E-state index is 0. The molecule has 0 spiro atoms. The number of hydrogen-bond donors (Lipinski definition) is 2. The van der Waals surface area contributed by atoms with Gasteiger partial charge in [0, 0.05) is 63.7 Å². The van der Waals surface area contributed by atoms with Gasteiger partial charge < -0.3 is 20.3 Å². The number of morpholine rings is 1. The number of aliphatic imine (C=N–C) groups is 1. The quantitative estimate of drug-likeness (QED) is 0.297. The molecule has 2 saturated carbocycles. The summed E-state index contributed by atoms with van der Waals surface area (Å²) in [6.45, 7) is 7.67. The minimum Gasteiger partial charge on any atom is -0.379 e. The predicted molar refractivity (Wildman–Crippen MR) is 140 cm³/mol. The predicted octanol–water partition coefficient (Wildman–Crippen LogP) is 2.84. The van der Waals surface area contributed by atoms with E-state index in [1.807, 2.05) is 7.05 Å². The van der Waals surface area contributed by atoms with Crippen molar-refractivity contribution in [3.05, 3.63) is 0 Å². The van der Waals surface area contributed by atoms with Crippen LogP contribution >= 0.6 is 24.0 Å². The fraction of sp³-hybridized carbons (Fsp3) is 0.917. The molecule has 2 heterocycles. The highest BCUT2D eigenvalue weighted by Gasteiger charge is 2.35. The lowest BCUT2D eigenvalue weighted by Crippen LogP contribution is -2.52. The Morgan fingerprint density at radius 1 is 1.03 bits per heavy atom. The SMILES string of the molecule is CN=C(NCC1(CN2CCOCC2)CCCCC1)NC1CCN(C(=O)C2CCCC2)C1.I. The Labute approximate surface area is 211 Å². The summed E-state index contributed by atoms with van der Waals surface area (Å²) in [4.78, 5) is 21.9. The van der Waals surface area contributed by atoms with Crippen LogP contribution in [0.25, 0.3) is 0 Å². The van der Waals surface area contributed by atoms with Crippen molar-refractivity contribution < 1.29 is 9.53 Å². The van der Waals surface area contributed by atoms with Crippen LogP contribution in [0.1, 0.15) is 64.2 Å². The second kappa shape index (κ2) is 12.7. The largest absolute Gasteiger partial charge is 0.379 e. The van der Waals surface area contributed by atoms with Crippen molar-refractivity contribution in [1.29, 1.82) is 0 Å². The van der Waals surface area contributed by atoms with E-state index in [0.29, 0.717) is 17.4 Å². The maximum Gasteiger partial charge on any atom is 0.225 e. The second-order valence-electron chi connectivity index (χ2n) is 10.3. The first-order chi connectivity index (χ1) is 15.2. The molecule has 7 nitrogen and oxygen atoms in total. The van der Waals surface area contributed by atoms with Crippen molar-refractivity contribution in [2.24, 2.45) is 16.3 Å². The van der Waals surface area contributed by atoms with Gasteiger partial charge in [-0.05, 0) is 32.1 Å². The zero-order valence-electron chi connectivity index (χ0n) is 19.9. The van der Waals surface area contributed by atoms with Crippen LogP contribution in [0, 0.1) is 11.3 Å². The molecule has 8 heteroatoms. The molecule has 4 aliphatic rings. The summed E-state index contributed by atoms with van der Waals surface area (Å²) in [5, 5.41) is 7.29. The van der Waals surface area contributed by atoms with E-state index in [4.69, 9.17) is 4.74 Å². The number of rotatable bonds is 6. The lowest BCUT2D eigenvalue weighted by atomic mass is 9.73. The van der Waals surface area contributed by atoms with Crippen LogP contribution in [0.4, 0.5) is 0 Å². The molecular formula is C24H44IN5O2.